The van der Waals surface area contributed by atoms with Gasteiger partial charge in [0.25, 0.3) is 6.71 Å². The Balaban J connectivity index is 1.25. The highest BCUT2D eigenvalue weighted by Gasteiger charge is 2.42. The fourth-order valence-corrected chi connectivity index (χ4v) is 8.56. The molecule has 0 amide bonds. The van der Waals surface area contributed by atoms with Crippen molar-refractivity contribution in [3.63, 3.8) is 0 Å². The van der Waals surface area contributed by atoms with Crippen molar-refractivity contribution in [2.75, 3.05) is 0 Å². The largest absolute Gasteiger partial charge is 0.458 e. The van der Waals surface area contributed by atoms with Crippen LogP contribution in [-0.4, -0.2) is 6.71 Å². The molecule has 3 heteroatoms. The Morgan fingerprint density at radius 3 is 1.61 bits per heavy atom. The van der Waals surface area contributed by atoms with Crippen LogP contribution in [0, 0.1) is 0 Å². The Hall–Kier alpha value is -5.02. The average Bonchev–Trinajstić information content (AvgIpc) is 3.33. The third kappa shape index (κ3) is 4.62. The minimum atomic E-state index is -0.0832. The molecule has 2 nitrogen and oxygen atoms in total. The van der Waals surface area contributed by atoms with Gasteiger partial charge >= 0.3 is 0 Å². The van der Waals surface area contributed by atoms with Gasteiger partial charge in [-0.05, 0) is 97.1 Å². The zero-order valence-corrected chi connectivity index (χ0v) is 29.2. The molecular weight excluding hydrogens is 595 g/mol. The van der Waals surface area contributed by atoms with Crippen LogP contribution in [0.2, 0.25) is 0 Å². The Labute approximate surface area is 290 Å². The second-order valence-corrected chi connectivity index (χ2v) is 15.3. The number of hydrogen-bond donors (Lipinski definition) is 0. The number of benzene rings is 6. The molecule has 49 heavy (non-hydrogen) atoms. The highest BCUT2D eigenvalue weighted by atomic mass is 16.5. The smallest absolute Gasteiger partial charge is 0.260 e. The summed E-state index contributed by atoms with van der Waals surface area (Å²) in [6.07, 6.45) is 0. The lowest BCUT2D eigenvalue weighted by Crippen LogP contribution is -2.57. The molecule has 2 heterocycles. The predicted molar refractivity (Wildman–Crippen MR) is 204 cm³/mol. The normalized spacial score (nSPS) is 15.1. The summed E-state index contributed by atoms with van der Waals surface area (Å²) in [5.41, 5.74) is 15.1. The molecule has 6 aromatic carbocycles. The first-order valence-corrected chi connectivity index (χ1v) is 17.8. The van der Waals surface area contributed by atoms with Crippen LogP contribution in [0.1, 0.15) is 98.2 Å². The summed E-state index contributed by atoms with van der Waals surface area (Å²) in [5, 5.41) is 0. The summed E-state index contributed by atoms with van der Waals surface area (Å²) >= 11 is 0. The second kappa shape index (κ2) is 11.0. The Bertz CT molecular complexity index is 2200. The number of fused-ring (bicyclic) bond motifs is 7. The fraction of sp³-hybridized carbons (Fsp3) is 0.217. The lowest BCUT2D eigenvalue weighted by atomic mass is 9.34. The van der Waals surface area contributed by atoms with Crippen molar-refractivity contribution in [1.82, 2.24) is 0 Å². The lowest BCUT2D eigenvalue weighted by molar-refractivity contribution is 0.462. The number of hydrogen-bond acceptors (Lipinski definition) is 2. The van der Waals surface area contributed by atoms with Gasteiger partial charge in [-0.2, -0.15) is 0 Å². The van der Waals surface area contributed by atoms with Gasteiger partial charge < -0.3 is 9.47 Å². The van der Waals surface area contributed by atoms with Gasteiger partial charge in [0, 0.05) is 16.8 Å². The molecule has 1 aliphatic carbocycles. The number of ether oxygens (including phenoxy) is 2. The molecule has 2 aliphatic heterocycles. The van der Waals surface area contributed by atoms with Crippen LogP contribution in [-0.2, 0) is 5.41 Å². The first-order chi connectivity index (χ1) is 23.7. The molecule has 0 bridgehead atoms. The van der Waals surface area contributed by atoms with Gasteiger partial charge in [0.05, 0.1) is 0 Å². The van der Waals surface area contributed by atoms with E-state index in [-0.39, 0.29) is 18.0 Å². The van der Waals surface area contributed by atoms with Crippen LogP contribution in [0.4, 0.5) is 0 Å². The van der Waals surface area contributed by atoms with E-state index in [4.69, 9.17) is 9.47 Å². The Morgan fingerprint density at radius 1 is 0.469 bits per heavy atom. The molecule has 6 aromatic rings. The molecule has 3 aliphatic rings. The van der Waals surface area contributed by atoms with Gasteiger partial charge in [-0.25, -0.2) is 0 Å². The molecule has 0 N–H and O–H groups in total. The van der Waals surface area contributed by atoms with E-state index < -0.39 is 0 Å². The van der Waals surface area contributed by atoms with E-state index in [0.29, 0.717) is 11.8 Å². The zero-order chi connectivity index (χ0) is 33.6. The topological polar surface area (TPSA) is 18.5 Å². The maximum Gasteiger partial charge on any atom is 0.260 e. The monoisotopic (exact) mass is 636 g/mol. The third-order valence-corrected chi connectivity index (χ3v) is 11.3. The second-order valence-electron chi connectivity index (χ2n) is 15.3. The van der Waals surface area contributed by atoms with E-state index in [2.05, 4.69) is 163 Å². The van der Waals surface area contributed by atoms with Gasteiger partial charge in [-0.1, -0.05) is 139 Å². The van der Waals surface area contributed by atoms with Crippen LogP contribution in [0.5, 0.6) is 23.0 Å². The first kappa shape index (κ1) is 30.1. The van der Waals surface area contributed by atoms with E-state index in [1.165, 1.54) is 61.0 Å². The molecule has 9 rings (SSSR count). The fourth-order valence-electron chi connectivity index (χ4n) is 8.56. The van der Waals surface area contributed by atoms with Crippen molar-refractivity contribution in [2.24, 2.45) is 0 Å². The maximum atomic E-state index is 6.92. The zero-order valence-electron chi connectivity index (χ0n) is 29.2. The maximum absolute atomic E-state index is 6.92. The Kier molecular flexibility index (Phi) is 6.75. The summed E-state index contributed by atoms with van der Waals surface area (Å²) in [7, 11) is 0. The molecule has 1 unspecified atom stereocenters. The molecule has 0 saturated heterocycles. The standard InChI is InChI=1S/C46H41BO2/c1-27(2)30-17-20-38-40(23-30)48-42-25-33(26-43-45(42)47(38)39-21-18-31(28(3)4)24-41(39)49-43)44(29-12-8-7-9-13-29)32-16-19-35-34-14-10-11-15-36(34)46(5,6)37(35)22-32/h7-28,44H,1-6H3. The van der Waals surface area contributed by atoms with E-state index in [9.17, 15) is 0 Å². The summed E-state index contributed by atoms with van der Waals surface area (Å²) in [6, 6.07) is 45.1. The molecule has 0 saturated carbocycles. The van der Waals surface area contributed by atoms with Crippen LogP contribution in [0.25, 0.3) is 11.1 Å². The van der Waals surface area contributed by atoms with Crippen molar-refractivity contribution in [3.05, 3.63) is 160 Å². The predicted octanol–water partition coefficient (Wildman–Crippen LogP) is 10.1. The van der Waals surface area contributed by atoms with E-state index in [1.807, 2.05) is 0 Å². The average molecular weight is 637 g/mol. The molecule has 0 fully saturated rings. The molecule has 0 aromatic heterocycles. The highest BCUT2D eigenvalue weighted by Crippen LogP contribution is 2.50. The van der Waals surface area contributed by atoms with Crippen molar-refractivity contribution < 1.29 is 9.47 Å². The van der Waals surface area contributed by atoms with Crippen LogP contribution < -0.4 is 25.9 Å². The van der Waals surface area contributed by atoms with Crippen LogP contribution in [0.3, 0.4) is 0 Å². The molecular formula is C46H41BO2. The minimum absolute atomic E-state index is 0.00926. The molecule has 0 radical (unpaired) electrons. The van der Waals surface area contributed by atoms with E-state index >= 15 is 0 Å². The molecule has 1 atom stereocenters. The SMILES string of the molecule is CC(C)c1ccc2c(c1)Oc1cc(C(c3ccccc3)c3ccc4c(c3)C(C)(C)c3ccccc3-4)cc3c1B2c1ccc(C(C)C)cc1O3. The Morgan fingerprint density at radius 2 is 1.00 bits per heavy atom. The minimum Gasteiger partial charge on any atom is -0.458 e. The quantitative estimate of drug-likeness (QED) is 0.138. The van der Waals surface area contributed by atoms with Gasteiger partial charge in [0.15, 0.2) is 0 Å². The number of rotatable bonds is 5. The summed E-state index contributed by atoms with van der Waals surface area (Å²) in [4.78, 5) is 0. The van der Waals surface area contributed by atoms with Crippen molar-refractivity contribution >= 4 is 23.1 Å². The van der Waals surface area contributed by atoms with Crippen molar-refractivity contribution in [2.45, 2.75) is 64.7 Å². The van der Waals surface area contributed by atoms with Crippen LogP contribution >= 0.6 is 0 Å². The van der Waals surface area contributed by atoms with Gasteiger partial charge in [-0.15, -0.1) is 0 Å². The first-order valence-electron chi connectivity index (χ1n) is 17.8. The van der Waals surface area contributed by atoms with E-state index in [1.54, 1.807) is 0 Å². The van der Waals surface area contributed by atoms with Crippen LogP contribution in [0.15, 0.2) is 121 Å². The lowest BCUT2D eigenvalue weighted by Gasteiger charge is -2.35. The summed E-state index contributed by atoms with van der Waals surface area (Å²) in [6.45, 7) is 13.7. The summed E-state index contributed by atoms with van der Waals surface area (Å²) in [5.74, 6) is 4.47. The third-order valence-electron chi connectivity index (χ3n) is 11.3. The van der Waals surface area contributed by atoms with Gasteiger partial charge in [-0.3, -0.25) is 0 Å². The van der Waals surface area contributed by atoms with Crippen molar-refractivity contribution in [3.8, 4) is 34.1 Å². The van der Waals surface area contributed by atoms with Gasteiger partial charge in [0.1, 0.15) is 23.0 Å². The highest BCUT2D eigenvalue weighted by molar-refractivity contribution is 6.98. The van der Waals surface area contributed by atoms with Crippen molar-refractivity contribution in [1.29, 1.82) is 0 Å². The van der Waals surface area contributed by atoms with Gasteiger partial charge in [0.2, 0.25) is 0 Å². The molecule has 0 spiro atoms. The summed E-state index contributed by atoms with van der Waals surface area (Å²) < 4.78 is 13.8. The molecule has 240 valence electrons. The van der Waals surface area contributed by atoms with E-state index in [0.717, 1.165) is 28.5 Å².